The summed E-state index contributed by atoms with van der Waals surface area (Å²) in [5.74, 6) is 2.63. The first kappa shape index (κ1) is 14.1. The molecule has 1 N–H and O–H groups in total. The molecule has 2 aliphatic carbocycles. The number of urea groups is 1. The Labute approximate surface area is 132 Å². The van der Waals surface area contributed by atoms with E-state index in [0.717, 1.165) is 43.8 Å². The Kier molecular flexibility index (Phi) is 3.59. The molecule has 5 heteroatoms. The van der Waals surface area contributed by atoms with Crippen molar-refractivity contribution in [2.45, 2.75) is 45.1 Å². The molecule has 1 aromatic heterocycles. The SMILES string of the molecule is Cc1cnn(C2CCN(C(=O)NC[C@@H]3C[C@H]3C3CCC3)C2)c1. The van der Waals surface area contributed by atoms with E-state index < -0.39 is 0 Å². The number of carbonyl (C=O) groups is 1. The summed E-state index contributed by atoms with van der Waals surface area (Å²) in [5.41, 5.74) is 1.18. The van der Waals surface area contributed by atoms with Crippen LogP contribution in [0.5, 0.6) is 0 Å². The second-order valence-corrected chi connectivity index (χ2v) is 7.42. The Bertz CT molecular complexity index is 551. The molecule has 2 saturated carbocycles. The third kappa shape index (κ3) is 2.73. The number of likely N-dealkylation sites (tertiary alicyclic amines) is 1. The van der Waals surface area contributed by atoms with Gasteiger partial charge >= 0.3 is 6.03 Å². The fourth-order valence-corrected chi connectivity index (χ4v) is 4.06. The number of rotatable bonds is 4. The molecule has 4 rings (SSSR count). The van der Waals surface area contributed by atoms with Gasteiger partial charge in [-0.05, 0) is 43.1 Å². The predicted molar refractivity (Wildman–Crippen MR) is 84.5 cm³/mol. The molecule has 1 aliphatic heterocycles. The lowest BCUT2D eigenvalue weighted by atomic mass is 9.81. The summed E-state index contributed by atoms with van der Waals surface area (Å²) < 4.78 is 2.01. The molecule has 1 unspecified atom stereocenters. The number of aromatic nitrogens is 2. The maximum atomic E-state index is 12.3. The number of hydrogen-bond donors (Lipinski definition) is 1. The molecule has 0 bridgehead atoms. The lowest BCUT2D eigenvalue weighted by Crippen LogP contribution is -2.39. The quantitative estimate of drug-likeness (QED) is 0.929. The highest BCUT2D eigenvalue weighted by Crippen LogP contribution is 2.51. The maximum Gasteiger partial charge on any atom is 0.317 e. The highest BCUT2D eigenvalue weighted by molar-refractivity contribution is 5.74. The second kappa shape index (κ2) is 5.60. The van der Waals surface area contributed by atoms with Crippen LogP contribution < -0.4 is 5.32 Å². The largest absolute Gasteiger partial charge is 0.338 e. The molecule has 0 spiro atoms. The van der Waals surface area contributed by atoms with E-state index in [0.29, 0.717) is 6.04 Å². The van der Waals surface area contributed by atoms with Crippen LogP contribution in [0.15, 0.2) is 12.4 Å². The monoisotopic (exact) mass is 302 g/mol. The van der Waals surface area contributed by atoms with E-state index >= 15 is 0 Å². The van der Waals surface area contributed by atoms with Crippen LogP contribution in [-0.2, 0) is 0 Å². The molecule has 22 heavy (non-hydrogen) atoms. The zero-order chi connectivity index (χ0) is 15.1. The van der Waals surface area contributed by atoms with Crippen molar-refractivity contribution in [1.82, 2.24) is 20.0 Å². The lowest BCUT2D eigenvalue weighted by molar-refractivity contribution is 0.205. The van der Waals surface area contributed by atoms with Gasteiger partial charge in [0.25, 0.3) is 0 Å². The summed E-state index contributed by atoms with van der Waals surface area (Å²) in [4.78, 5) is 14.3. The molecule has 1 saturated heterocycles. The van der Waals surface area contributed by atoms with Crippen molar-refractivity contribution < 1.29 is 4.79 Å². The van der Waals surface area contributed by atoms with Crippen LogP contribution in [-0.4, -0.2) is 40.3 Å². The van der Waals surface area contributed by atoms with Gasteiger partial charge in [0.15, 0.2) is 0 Å². The zero-order valence-electron chi connectivity index (χ0n) is 13.4. The summed E-state index contributed by atoms with van der Waals surface area (Å²) in [6, 6.07) is 0.453. The molecule has 3 aliphatic rings. The summed E-state index contributed by atoms with van der Waals surface area (Å²) in [6.45, 7) is 4.55. The van der Waals surface area contributed by atoms with Crippen LogP contribution in [0.1, 0.15) is 43.7 Å². The van der Waals surface area contributed by atoms with E-state index in [4.69, 9.17) is 0 Å². The van der Waals surface area contributed by atoms with Gasteiger partial charge in [0.1, 0.15) is 0 Å². The maximum absolute atomic E-state index is 12.3. The fraction of sp³-hybridized carbons (Fsp3) is 0.765. The second-order valence-electron chi connectivity index (χ2n) is 7.42. The van der Waals surface area contributed by atoms with E-state index in [1.54, 1.807) is 0 Å². The Morgan fingerprint density at radius 2 is 2.27 bits per heavy atom. The molecular weight excluding hydrogens is 276 g/mol. The molecular formula is C17H26N4O. The minimum absolute atomic E-state index is 0.116. The van der Waals surface area contributed by atoms with E-state index in [2.05, 4.69) is 23.5 Å². The third-order valence-corrected chi connectivity index (χ3v) is 5.80. The minimum atomic E-state index is 0.116. The summed E-state index contributed by atoms with van der Waals surface area (Å²) in [6.07, 6.45) is 10.6. The molecule has 2 heterocycles. The average Bonchev–Trinajstić information content (AvgIpc) is 2.88. The number of carbonyl (C=O) groups excluding carboxylic acids is 1. The zero-order valence-corrected chi connectivity index (χ0v) is 13.4. The number of hydrogen-bond acceptors (Lipinski definition) is 2. The van der Waals surface area contributed by atoms with Crippen LogP contribution in [0.4, 0.5) is 4.79 Å². The average molecular weight is 302 g/mol. The topological polar surface area (TPSA) is 50.2 Å². The van der Waals surface area contributed by atoms with Gasteiger partial charge in [0.2, 0.25) is 0 Å². The Balaban J connectivity index is 1.22. The predicted octanol–water partition coefficient (Wildman–Crippen LogP) is 2.58. The van der Waals surface area contributed by atoms with Crippen LogP contribution in [0.25, 0.3) is 0 Å². The summed E-state index contributed by atoms with van der Waals surface area (Å²) in [7, 11) is 0. The summed E-state index contributed by atoms with van der Waals surface area (Å²) in [5, 5.41) is 7.53. The molecule has 120 valence electrons. The molecule has 3 fully saturated rings. The van der Waals surface area contributed by atoms with Crippen molar-refractivity contribution >= 4 is 6.03 Å². The number of amides is 2. The van der Waals surface area contributed by atoms with Crippen LogP contribution in [0.2, 0.25) is 0 Å². The van der Waals surface area contributed by atoms with Crippen molar-refractivity contribution in [3.8, 4) is 0 Å². The normalized spacial score (nSPS) is 31.1. The molecule has 2 amide bonds. The van der Waals surface area contributed by atoms with Gasteiger partial charge in [-0.1, -0.05) is 19.3 Å². The molecule has 0 radical (unpaired) electrons. The highest BCUT2D eigenvalue weighted by atomic mass is 16.2. The van der Waals surface area contributed by atoms with Crippen LogP contribution >= 0.6 is 0 Å². The van der Waals surface area contributed by atoms with Crippen molar-refractivity contribution in [3.63, 3.8) is 0 Å². The third-order valence-electron chi connectivity index (χ3n) is 5.80. The standard InChI is InChI=1S/C17H26N4O/c1-12-8-19-21(10-12)15-5-6-20(11-15)17(22)18-9-14-7-16(14)13-3-2-4-13/h8,10,13-16H,2-7,9,11H2,1H3,(H,18,22)/t14-,15?,16-/m0/s1. The first-order valence-electron chi connectivity index (χ1n) is 8.74. The number of nitrogens with one attached hydrogen (secondary N) is 1. The minimum Gasteiger partial charge on any atom is -0.338 e. The van der Waals surface area contributed by atoms with Gasteiger partial charge in [0.05, 0.1) is 12.2 Å². The van der Waals surface area contributed by atoms with Crippen LogP contribution in [0.3, 0.4) is 0 Å². The van der Waals surface area contributed by atoms with E-state index in [9.17, 15) is 4.79 Å². The Morgan fingerprint density at radius 1 is 1.41 bits per heavy atom. The van der Waals surface area contributed by atoms with E-state index in [-0.39, 0.29) is 6.03 Å². The molecule has 1 aromatic rings. The Morgan fingerprint density at radius 3 is 2.95 bits per heavy atom. The van der Waals surface area contributed by atoms with Crippen molar-refractivity contribution in [1.29, 1.82) is 0 Å². The molecule has 0 aromatic carbocycles. The highest BCUT2D eigenvalue weighted by Gasteiger charge is 2.44. The Hall–Kier alpha value is -1.52. The molecule has 3 atom stereocenters. The summed E-state index contributed by atoms with van der Waals surface area (Å²) >= 11 is 0. The number of aryl methyl sites for hydroxylation is 1. The lowest BCUT2D eigenvalue weighted by Gasteiger charge is -2.25. The van der Waals surface area contributed by atoms with Crippen LogP contribution in [0, 0.1) is 24.7 Å². The van der Waals surface area contributed by atoms with Gasteiger partial charge in [-0.3, -0.25) is 4.68 Å². The van der Waals surface area contributed by atoms with Gasteiger partial charge < -0.3 is 10.2 Å². The first-order valence-corrected chi connectivity index (χ1v) is 8.74. The van der Waals surface area contributed by atoms with Crippen molar-refractivity contribution in [2.75, 3.05) is 19.6 Å². The van der Waals surface area contributed by atoms with Crippen molar-refractivity contribution in [3.05, 3.63) is 18.0 Å². The van der Waals surface area contributed by atoms with Gasteiger partial charge in [-0.2, -0.15) is 5.10 Å². The number of nitrogens with zero attached hydrogens (tertiary/aromatic N) is 3. The fourth-order valence-electron chi connectivity index (χ4n) is 4.06. The van der Waals surface area contributed by atoms with E-state index in [1.807, 2.05) is 15.8 Å². The van der Waals surface area contributed by atoms with E-state index in [1.165, 1.54) is 31.2 Å². The van der Waals surface area contributed by atoms with Gasteiger partial charge in [-0.25, -0.2) is 4.79 Å². The first-order chi connectivity index (χ1) is 10.7. The molecule has 5 nitrogen and oxygen atoms in total. The smallest absolute Gasteiger partial charge is 0.317 e. The van der Waals surface area contributed by atoms with Gasteiger partial charge in [0, 0.05) is 25.8 Å². The van der Waals surface area contributed by atoms with Gasteiger partial charge in [-0.15, -0.1) is 0 Å². The van der Waals surface area contributed by atoms with Crippen molar-refractivity contribution in [2.24, 2.45) is 17.8 Å².